The standard InChI is InChI=1S/C17H18N4O3S/c1-2-8-25-17-20-14-13(16(24)21-17)11(9-12(22)19-14)15(23)18-10-6-4-3-5-7-10/h3-7,11H,2,8-9H2,1H3,(H,18,23)(H2,19,20,21,22,24). The Hall–Kier alpha value is -2.61. The Morgan fingerprint density at radius 3 is 2.80 bits per heavy atom. The number of H-pyrrole nitrogens is 1. The van der Waals surface area contributed by atoms with Crippen molar-refractivity contribution >= 4 is 35.1 Å². The zero-order valence-electron chi connectivity index (χ0n) is 13.7. The van der Waals surface area contributed by atoms with Crippen LogP contribution < -0.4 is 16.2 Å². The molecule has 130 valence electrons. The normalized spacial score (nSPS) is 16.0. The highest BCUT2D eigenvalue weighted by Crippen LogP contribution is 2.30. The minimum atomic E-state index is -0.870. The molecule has 1 aliphatic rings. The summed E-state index contributed by atoms with van der Waals surface area (Å²) in [5.41, 5.74) is 0.422. The molecule has 2 aromatic rings. The molecule has 1 aliphatic heterocycles. The van der Waals surface area contributed by atoms with E-state index in [0.717, 1.165) is 12.2 Å². The Morgan fingerprint density at radius 1 is 1.32 bits per heavy atom. The van der Waals surface area contributed by atoms with Crippen LogP contribution in [0.25, 0.3) is 0 Å². The molecule has 8 heteroatoms. The Labute approximate surface area is 148 Å². The lowest BCUT2D eigenvalue weighted by Crippen LogP contribution is -2.36. The van der Waals surface area contributed by atoms with Crippen LogP contribution in [0.1, 0.15) is 31.2 Å². The Kier molecular flexibility index (Phi) is 5.18. The molecule has 0 saturated carbocycles. The van der Waals surface area contributed by atoms with Crippen molar-refractivity contribution in [3.05, 3.63) is 46.2 Å². The summed E-state index contributed by atoms with van der Waals surface area (Å²) in [6.07, 6.45) is 0.845. The van der Waals surface area contributed by atoms with Gasteiger partial charge in [-0.1, -0.05) is 36.9 Å². The van der Waals surface area contributed by atoms with E-state index >= 15 is 0 Å². The average Bonchev–Trinajstić information content (AvgIpc) is 2.59. The smallest absolute Gasteiger partial charge is 0.257 e. The quantitative estimate of drug-likeness (QED) is 0.562. The Bertz CT molecular complexity index is 851. The largest absolute Gasteiger partial charge is 0.326 e. The summed E-state index contributed by atoms with van der Waals surface area (Å²) in [4.78, 5) is 44.1. The van der Waals surface area contributed by atoms with E-state index in [2.05, 4.69) is 20.6 Å². The van der Waals surface area contributed by atoms with Crippen LogP contribution in [0.3, 0.4) is 0 Å². The predicted molar refractivity (Wildman–Crippen MR) is 96.9 cm³/mol. The summed E-state index contributed by atoms with van der Waals surface area (Å²) in [5, 5.41) is 5.79. The summed E-state index contributed by atoms with van der Waals surface area (Å²) in [6, 6.07) is 8.91. The van der Waals surface area contributed by atoms with Crippen molar-refractivity contribution in [2.75, 3.05) is 16.4 Å². The van der Waals surface area contributed by atoms with Gasteiger partial charge in [-0.05, 0) is 18.6 Å². The second-order valence-corrected chi connectivity index (χ2v) is 6.73. The average molecular weight is 358 g/mol. The van der Waals surface area contributed by atoms with Crippen molar-refractivity contribution in [1.29, 1.82) is 0 Å². The molecular weight excluding hydrogens is 340 g/mol. The van der Waals surface area contributed by atoms with Gasteiger partial charge in [0.2, 0.25) is 11.8 Å². The maximum absolute atomic E-state index is 12.6. The maximum atomic E-state index is 12.6. The number of thioether (sulfide) groups is 1. The fourth-order valence-electron chi connectivity index (χ4n) is 2.59. The van der Waals surface area contributed by atoms with E-state index in [1.165, 1.54) is 11.8 Å². The first-order valence-corrected chi connectivity index (χ1v) is 8.99. The van der Waals surface area contributed by atoms with Crippen molar-refractivity contribution in [2.24, 2.45) is 0 Å². The van der Waals surface area contributed by atoms with Gasteiger partial charge in [0, 0.05) is 17.9 Å². The summed E-state index contributed by atoms with van der Waals surface area (Å²) >= 11 is 1.40. The number of nitrogens with one attached hydrogen (secondary N) is 3. The number of carbonyl (C=O) groups excluding carboxylic acids is 2. The van der Waals surface area contributed by atoms with Crippen LogP contribution in [-0.2, 0) is 9.59 Å². The van der Waals surface area contributed by atoms with Gasteiger partial charge in [0.15, 0.2) is 5.16 Å². The van der Waals surface area contributed by atoms with Crippen LogP contribution >= 0.6 is 11.8 Å². The second kappa shape index (κ2) is 7.52. The molecule has 0 fully saturated rings. The zero-order chi connectivity index (χ0) is 17.8. The number of nitrogens with zero attached hydrogens (tertiary/aromatic N) is 1. The first kappa shape index (κ1) is 17.2. The van der Waals surface area contributed by atoms with Gasteiger partial charge in [0.25, 0.3) is 5.56 Å². The highest BCUT2D eigenvalue weighted by atomic mass is 32.2. The van der Waals surface area contributed by atoms with E-state index in [9.17, 15) is 14.4 Å². The van der Waals surface area contributed by atoms with E-state index in [1.807, 2.05) is 13.0 Å². The highest BCUT2D eigenvalue weighted by Gasteiger charge is 2.34. The summed E-state index contributed by atoms with van der Waals surface area (Å²) in [6.45, 7) is 2.02. The summed E-state index contributed by atoms with van der Waals surface area (Å²) in [5.74, 6) is -0.626. The lowest BCUT2D eigenvalue weighted by atomic mass is 9.92. The minimum absolute atomic E-state index is 0.0854. The molecule has 1 unspecified atom stereocenters. The van der Waals surface area contributed by atoms with Crippen LogP contribution in [0.4, 0.5) is 11.5 Å². The zero-order valence-corrected chi connectivity index (χ0v) is 14.5. The van der Waals surface area contributed by atoms with Gasteiger partial charge in [-0.2, -0.15) is 0 Å². The number of amides is 2. The van der Waals surface area contributed by atoms with Gasteiger partial charge >= 0.3 is 0 Å². The molecule has 25 heavy (non-hydrogen) atoms. The van der Waals surface area contributed by atoms with Crippen molar-refractivity contribution in [3.8, 4) is 0 Å². The first-order valence-electron chi connectivity index (χ1n) is 8.01. The SMILES string of the molecule is CCCSc1nc2c(c(=O)[nH]1)C(C(=O)Nc1ccccc1)CC(=O)N2. The second-order valence-electron chi connectivity index (χ2n) is 5.64. The number of hydrogen-bond donors (Lipinski definition) is 3. The number of aromatic nitrogens is 2. The lowest BCUT2D eigenvalue weighted by molar-refractivity contribution is -0.123. The molecule has 0 aliphatic carbocycles. The van der Waals surface area contributed by atoms with Crippen LogP contribution in [0.15, 0.2) is 40.3 Å². The van der Waals surface area contributed by atoms with Crippen molar-refractivity contribution < 1.29 is 9.59 Å². The van der Waals surface area contributed by atoms with E-state index in [4.69, 9.17) is 0 Å². The van der Waals surface area contributed by atoms with Crippen LogP contribution in [-0.4, -0.2) is 27.5 Å². The number of anilines is 2. The molecular formula is C17H18N4O3S. The molecule has 3 rings (SSSR count). The van der Waals surface area contributed by atoms with E-state index in [1.54, 1.807) is 24.3 Å². The molecule has 0 spiro atoms. The molecule has 1 aromatic heterocycles. The minimum Gasteiger partial charge on any atom is -0.326 e. The van der Waals surface area contributed by atoms with Crippen LogP contribution in [0.5, 0.6) is 0 Å². The van der Waals surface area contributed by atoms with Crippen LogP contribution in [0.2, 0.25) is 0 Å². The molecule has 3 N–H and O–H groups in total. The van der Waals surface area contributed by atoms with Gasteiger partial charge in [-0.3, -0.25) is 14.4 Å². The predicted octanol–water partition coefficient (Wildman–Crippen LogP) is 2.34. The number of rotatable bonds is 5. The third-order valence-corrected chi connectivity index (χ3v) is 4.81. The third kappa shape index (κ3) is 3.90. The third-order valence-electron chi connectivity index (χ3n) is 3.73. The maximum Gasteiger partial charge on any atom is 0.257 e. The van der Waals surface area contributed by atoms with Crippen molar-refractivity contribution in [3.63, 3.8) is 0 Å². The summed E-state index contributed by atoms with van der Waals surface area (Å²) < 4.78 is 0. The van der Waals surface area contributed by atoms with E-state index in [0.29, 0.717) is 10.8 Å². The molecule has 1 aromatic carbocycles. The molecule has 1 atom stereocenters. The molecule has 0 bridgehead atoms. The number of carbonyl (C=O) groups is 2. The topological polar surface area (TPSA) is 104 Å². The van der Waals surface area contributed by atoms with Gasteiger partial charge in [0.1, 0.15) is 5.82 Å². The van der Waals surface area contributed by atoms with Gasteiger partial charge in [0.05, 0.1) is 11.5 Å². The van der Waals surface area contributed by atoms with E-state index < -0.39 is 17.4 Å². The molecule has 2 amide bonds. The molecule has 0 radical (unpaired) electrons. The molecule has 2 heterocycles. The lowest BCUT2D eigenvalue weighted by Gasteiger charge is -2.23. The molecule has 0 saturated heterocycles. The van der Waals surface area contributed by atoms with Crippen molar-refractivity contribution in [2.45, 2.75) is 30.8 Å². The van der Waals surface area contributed by atoms with Crippen molar-refractivity contribution in [1.82, 2.24) is 9.97 Å². The van der Waals surface area contributed by atoms with Gasteiger partial charge < -0.3 is 15.6 Å². The summed E-state index contributed by atoms with van der Waals surface area (Å²) in [7, 11) is 0. The Balaban J connectivity index is 1.91. The molecule has 7 nitrogen and oxygen atoms in total. The number of aromatic amines is 1. The number of para-hydroxylation sites is 1. The van der Waals surface area contributed by atoms with Gasteiger partial charge in [-0.15, -0.1) is 0 Å². The number of hydrogen-bond acceptors (Lipinski definition) is 5. The monoisotopic (exact) mass is 358 g/mol. The number of fused-ring (bicyclic) bond motifs is 1. The number of benzene rings is 1. The first-order chi connectivity index (χ1) is 12.1. The van der Waals surface area contributed by atoms with E-state index in [-0.39, 0.29) is 23.7 Å². The van der Waals surface area contributed by atoms with Gasteiger partial charge in [-0.25, -0.2) is 4.98 Å². The highest BCUT2D eigenvalue weighted by molar-refractivity contribution is 7.99. The Morgan fingerprint density at radius 2 is 2.08 bits per heavy atom. The fraction of sp³-hybridized carbons (Fsp3) is 0.294. The van der Waals surface area contributed by atoms with Crippen LogP contribution in [0, 0.1) is 0 Å². The fourth-order valence-corrected chi connectivity index (χ4v) is 3.31.